The second kappa shape index (κ2) is 6.89. The van der Waals surface area contributed by atoms with Crippen molar-refractivity contribution in [2.45, 2.75) is 24.8 Å². The third-order valence-electron chi connectivity index (χ3n) is 4.77. The van der Waals surface area contributed by atoms with E-state index in [1.807, 2.05) is 54.6 Å². The molecule has 4 rings (SSSR count). The van der Waals surface area contributed by atoms with Gasteiger partial charge in [-0.25, -0.2) is 4.68 Å². The van der Waals surface area contributed by atoms with E-state index in [1.165, 1.54) is 0 Å². The molecular weight excluding hydrogens is 414 g/mol. The van der Waals surface area contributed by atoms with E-state index in [9.17, 15) is 4.79 Å². The largest absolute Gasteiger partial charge is 0.310 e. The lowest BCUT2D eigenvalue weighted by molar-refractivity contribution is -0.118. The standard InChI is InChI=1S/C20H17BrClN3O/c21-16-6-4-14(5-7-16)13-25-18(8-11-23-25)24-19(26)20(9-10-20)15-2-1-3-17(22)12-15/h1-8,11-12H,9-10,13H2,(H,24,26). The summed E-state index contributed by atoms with van der Waals surface area (Å²) < 4.78 is 2.84. The molecule has 1 N–H and O–H groups in total. The molecule has 1 saturated carbocycles. The predicted molar refractivity (Wildman–Crippen MR) is 106 cm³/mol. The van der Waals surface area contributed by atoms with Crippen LogP contribution in [0.5, 0.6) is 0 Å². The Hall–Kier alpha value is -2.11. The molecule has 1 aliphatic carbocycles. The Morgan fingerprint density at radius 2 is 1.96 bits per heavy atom. The first kappa shape index (κ1) is 17.3. The van der Waals surface area contributed by atoms with Gasteiger partial charge >= 0.3 is 0 Å². The zero-order chi connectivity index (χ0) is 18.1. The summed E-state index contributed by atoms with van der Waals surface area (Å²) in [6, 6.07) is 17.5. The van der Waals surface area contributed by atoms with E-state index in [4.69, 9.17) is 11.6 Å². The van der Waals surface area contributed by atoms with Gasteiger partial charge in [-0.1, -0.05) is 51.8 Å². The normalized spacial score (nSPS) is 14.8. The molecular formula is C20H17BrClN3O. The Labute approximate surface area is 165 Å². The molecule has 26 heavy (non-hydrogen) atoms. The summed E-state index contributed by atoms with van der Waals surface area (Å²) in [5.41, 5.74) is 1.61. The molecule has 0 spiro atoms. The zero-order valence-electron chi connectivity index (χ0n) is 14.0. The third-order valence-corrected chi connectivity index (χ3v) is 5.53. The Morgan fingerprint density at radius 3 is 2.65 bits per heavy atom. The number of aromatic nitrogens is 2. The number of halogens is 2. The van der Waals surface area contributed by atoms with Crippen molar-refractivity contribution in [3.05, 3.63) is 81.4 Å². The van der Waals surface area contributed by atoms with Crippen molar-refractivity contribution in [1.82, 2.24) is 9.78 Å². The molecule has 0 saturated heterocycles. The van der Waals surface area contributed by atoms with Crippen molar-refractivity contribution in [2.75, 3.05) is 5.32 Å². The molecule has 4 nitrogen and oxygen atoms in total. The molecule has 1 amide bonds. The van der Waals surface area contributed by atoms with Gasteiger partial charge in [-0.05, 0) is 48.2 Å². The maximum Gasteiger partial charge on any atom is 0.236 e. The monoisotopic (exact) mass is 429 g/mol. The smallest absolute Gasteiger partial charge is 0.236 e. The van der Waals surface area contributed by atoms with Crippen LogP contribution in [-0.2, 0) is 16.8 Å². The van der Waals surface area contributed by atoms with Crippen LogP contribution in [0.15, 0.2) is 65.3 Å². The number of hydrogen-bond acceptors (Lipinski definition) is 2. The number of benzene rings is 2. The van der Waals surface area contributed by atoms with Gasteiger partial charge in [0.15, 0.2) is 0 Å². The molecule has 0 radical (unpaired) electrons. The summed E-state index contributed by atoms with van der Waals surface area (Å²) in [7, 11) is 0. The number of carbonyl (C=O) groups excluding carboxylic acids is 1. The van der Waals surface area contributed by atoms with Crippen LogP contribution in [0.2, 0.25) is 5.02 Å². The quantitative estimate of drug-likeness (QED) is 0.618. The maximum absolute atomic E-state index is 13.0. The highest BCUT2D eigenvalue weighted by Gasteiger charge is 2.51. The van der Waals surface area contributed by atoms with Gasteiger partial charge in [0, 0.05) is 15.6 Å². The van der Waals surface area contributed by atoms with Gasteiger partial charge in [0.2, 0.25) is 5.91 Å². The lowest BCUT2D eigenvalue weighted by Gasteiger charge is -2.17. The summed E-state index contributed by atoms with van der Waals surface area (Å²) in [5.74, 6) is 0.698. The molecule has 2 aromatic carbocycles. The minimum Gasteiger partial charge on any atom is -0.310 e. The van der Waals surface area contributed by atoms with Gasteiger partial charge in [0.05, 0.1) is 18.2 Å². The predicted octanol–water partition coefficient (Wildman–Crippen LogP) is 5.02. The number of anilines is 1. The molecule has 3 aromatic rings. The van der Waals surface area contributed by atoms with Crippen LogP contribution >= 0.6 is 27.5 Å². The van der Waals surface area contributed by atoms with Crippen molar-refractivity contribution in [3.63, 3.8) is 0 Å². The molecule has 6 heteroatoms. The number of nitrogens with zero attached hydrogens (tertiary/aromatic N) is 2. The van der Waals surface area contributed by atoms with Gasteiger partial charge in [-0.3, -0.25) is 4.79 Å². The van der Waals surface area contributed by atoms with Gasteiger partial charge < -0.3 is 5.32 Å². The lowest BCUT2D eigenvalue weighted by atomic mass is 9.95. The van der Waals surface area contributed by atoms with Gasteiger partial charge in [-0.2, -0.15) is 5.10 Å². The highest BCUT2D eigenvalue weighted by Crippen LogP contribution is 2.49. The highest BCUT2D eigenvalue weighted by atomic mass is 79.9. The Balaban J connectivity index is 1.52. The molecule has 0 unspecified atom stereocenters. The fourth-order valence-corrected chi connectivity index (χ4v) is 3.58. The second-order valence-electron chi connectivity index (χ2n) is 6.55. The molecule has 0 atom stereocenters. The second-order valence-corrected chi connectivity index (χ2v) is 7.90. The molecule has 132 valence electrons. The van der Waals surface area contributed by atoms with Crippen molar-refractivity contribution >= 4 is 39.3 Å². The number of carbonyl (C=O) groups is 1. The van der Waals surface area contributed by atoms with E-state index in [1.54, 1.807) is 10.9 Å². The minimum absolute atomic E-state index is 0.00248. The molecule has 1 fully saturated rings. The van der Waals surface area contributed by atoms with Crippen molar-refractivity contribution in [2.24, 2.45) is 0 Å². The summed E-state index contributed by atoms with van der Waals surface area (Å²) in [6.45, 7) is 0.597. The fourth-order valence-electron chi connectivity index (χ4n) is 3.12. The van der Waals surface area contributed by atoms with Crippen LogP contribution in [0.3, 0.4) is 0 Å². The van der Waals surface area contributed by atoms with Crippen LogP contribution in [-0.4, -0.2) is 15.7 Å². The van der Waals surface area contributed by atoms with E-state index in [0.29, 0.717) is 17.4 Å². The first-order chi connectivity index (χ1) is 12.6. The number of nitrogens with one attached hydrogen (secondary N) is 1. The van der Waals surface area contributed by atoms with Crippen LogP contribution in [0.1, 0.15) is 24.0 Å². The van der Waals surface area contributed by atoms with Crippen LogP contribution in [0, 0.1) is 0 Å². The zero-order valence-corrected chi connectivity index (χ0v) is 16.3. The number of hydrogen-bond donors (Lipinski definition) is 1. The molecule has 1 aliphatic rings. The average Bonchev–Trinajstić information content (AvgIpc) is 3.34. The van der Waals surface area contributed by atoms with E-state index in [0.717, 1.165) is 28.4 Å². The van der Waals surface area contributed by atoms with Crippen molar-refractivity contribution < 1.29 is 4.79 Å². The molecule has 0 bridgehead atoms. The Bertz CT molecular complexity index is 948. The fraction of sp³-hybridized carbons (Fsp3) is 0.200. The minimum atomic E-state index is -0.475. The Morgan fingerprint density at radius 1 is 1.19 bits per heavy atom. The van der Waals surface area contributed by atoms with Crippen molar-refractivity contribution in [3.8, 4) is 0 Å². The summed E-state index contributed by atoms with van der Waals surface area (Å²) in [6.07, 6.45) is 3.37. The summed E-state index contributed by atoms with van der Waals surface area (Å²) in [5, 5.41) is 8.05. The molecule has 1 aromatic heterocycles. The Kier molecular flexibility index (Phi) is 4.59. The number of rotatable bonds is 5. The van der Waals surface area contributed by atoms with Crippen LogP contribution in [0.4, 0.5) is 5.82 Å². The summed E-state index contributed by atoms with van der Waals surface area (Å²) in [4.78, 5) is 13.0. The number of amides is 1. The van der Waals surface area contributed by atoms with Gasteiger partial charge in [-0.15, -0.1) is 0 Å². The maximum atomic E-state index is 13.0. The average molecular weight is 431 g/mol. The SMILES string of the molecule is O=C(Nc1ccnn1Cc1ccc(Br)cc1)C1(c2cccc(Cl)c2)CC1. The van der Waals surface area contributed by atoms with Crippen LogP contribution in [0.25, 0.3) is 0 Å². The summed E-state index contributed by atoms with van der Waals surface area (Å²) >= 11 is 9.54. The molecule has 0 aliphatic heterocycles. The van der Waals surface area contributed by atoms with Gasteiger partial charge in [0.25, 0.3) is 0 Å². The highest BCUT2D eigenvalue weighted by molar-refractivity contribution is 9.10. The van der Waals surface area contributed by atoms with E-state index < -0.39 is 5.41 Å². The van der Waals surface area contributed by atoms with Gasteiger partial charge in [0.1, 0.15) is 5.82 Å². The topological polar surface area (TPSA) is 46.9 Å². The lowest BCUT2D eigenvalue weighted by Crippen LogP contribution is -2.29. The third kappa shape index (κ3) is 3.41. The van der Waals surface area contributed by atoms with E-state index in [2.05, 4.69) is 26.3 Å². The first-order valence-electron chi connectivity index (χ1n) is 8.41. The first-order valence-corrected chi connectivity index (χ1v) is 9.58. The van der Waals surface area contributed by atoms with Crippen molar-refractivity contribution in [1.29, 1.82) is 0 Å². The van der Waals surface area contributed by atoms with E-state index in [-0.39, 0.29) is 5.91 Å². The van der Waals surface area contributed by atoms with Crippen LogP contribution < -0.4 is 5.32 Å². The van der Waals surface area contributed by atoms with E-state index >= 15 is 0 Å². The molecule has 1 heterocycles.